The Hall–Kier alpha value is -3.96. The Labute approximate surface area is 198 Å². The van der Waals surface area contributed by atoms with E-state index in [1.54, 1.807) is 0 Å². The van der Waals surface area contributed by atoms with Crippen molar-refractivity contribution in [2.45, 2.75) is 5.41 Å². The molecule has 1 aliphatic heterocycles. The number of ketones is 1. The molecule has 4 aromatic rings. The molecule has 0 radical (unpaired) electrons. The third-order valence-corrected chi connectivity index (χ3v) is 6.73. The van der Waals surface area contributed by atoms with Gasteiger partial charge in [-0.05, 0) is 11.1 Å². The van der Waals surface area contributed by atoms with Crippen molar-refractivity contribution in [3.63, 3.8) is 0 Å². The van der Waals surface area contributed by atoms with Gasteiger partial charge in [-0.1, -0.05) is 96.2 Å². The summed E-state index contributed by atoms with van der Waals surface area (Å²) in [6.07, 6.45) is 0. The Morgan fingerprint density at radius 2 is 1.32 bits per heavy atom. The molecule has 34 heavy (non-hydrogen) atoms. The maximum atomic E-state index is 14.3. The van der Waals surface area contributed by atoms with E-state index in [0.717, 1.165) is 22.4 Å². The quantitative estimate of drug-likeness (QED) is 0.432. The van der Waals surface area contributed by atoms with E-state index in [4.69, 9.17) is 9.26 Å². The van der Waals surface area contributed by atoms with Gasteiger partial charge in [-0.15, -0.1) is 0 Å². The average Bonchev–Trinajstić information content (AvgIpc) is 3.39. The first-order valence-corrected chi connectivity index (χ1v) is 11.6. The third-order valence-electron chi connectivity index (χ3n) is 6.73. The van der Waals surface area contributed by atoms with Gasteiger partial charge in [0.2, 0.25) is 0 Å². The van der Waals surface area contributed by atoms with Crippen molar-refractivity contribution in [1.29, 1.82) is 0 Å². The molecule has 0 unspecified atom stereocenters. The van der Waals surface area contributed by atoms with E-state index in [-0.39, 0.29) is 5.78 Å². The minimum atomic E-state index is -0.894. The Morgan fingerprint density at radius 1 is 0.765 bits per heavy atom. The zero-order valence-corrected chi connectivity index (χ0v) is 18.7. The van der Waals surface area contributed by atoms with E-state index in [9.17, 15) is 4.79 Å². The van der Waals surface area contributed by atoms with Crippen LogP contribution in [0.1, 0.15) is 16.9 Å². The van der Waals surface area contributed by atoms with Crippen LogP contribution in [0.5, 0.6) is 0 Å². The van der Waals surface area contributed by atoms with Crippen molar-refractivity contribution >= 4 is 11.4 Å². The minimum Gasteiger partial charge on any atom is -0.378 e. The maximum Gasteiger partial charge on any atom is 0.189 e. The van der Waals surface area contributed by atoms with E-state index in [0.29, 0.717) is 43.3 Å². The van der Waals surface area contributed by atoms with Crippen LogP contribution < -0.4 is 0 Å². The summed E-state index contributed by atoms with van der Waals surface area (Å²) >= 11 is 0. The van der Waals surface area contributed by atoms with Gasteiger partial charge in [0.05, 0.1) is 24.5 Å². The smallest absolute Gasteiger partial charge is 0.189 e. The molecule has 0 bridgehead atoms. The Bertz CT molecular complexity index is 1300. The molecule has 5 nitrogen and oxygen atoms in total. The summed E-state index contributed by atoms with van der Waals surface area (Å²) in [6, 6.07) is 31.8. The second-order valence-electron chi connectivity index (χ2n) is 8.58. The third kappa shape index (κ3) is 3.12. The second kappa shape index (κ2) is 8.43. The van der Waals surface area contributed by atoms with Crippen molar-refractivity contribution in [3.8, 4) is 11.3 Å². The zero-order chi connectivity index (χ0) is 23.0. The van der Waals surface area contributed by atoms with Crippen molar-refractivity contribution in [2.24, 2.45) is 0 Å². The summed E-state index contributed by atoms with van der Waals surface area (Å²) in [6.45, 7) is 2.67. The van der Waals surface area contributed by atoms with E-state index >= 15 is 0 Å². The summed E-state index contributed by atoms with van der Waals surface area (Å²) in [4.78, 5) is 16.6. The van der Waals surface area contributed by atoms with Crippen LogP contribution in [0.2, 0.25) is 0 Å². The monoisotopic (exact) mass is 448 g/mol. The van der Waals surface area contributed by atoms with Gasteiger partial charge in [0.15, 0.2) is 11.5 Å². The summed E-state index contributed by atoms with van der Waals surface area (Å²) in [5.41, 5.74) is 4.26. The van der Waals surface area contributed by atoms with Gasteiger partial charge >= 0.3 is 0 Å². The van der Waals surface area contributed by atoms with Crippen molar-refractivity contribution in [1.82, 2.24) is 10.1 Å². The van der Waals surface area contributed by atoms with Crippen molar-refractivity contribution in [3.05, 3.63) is 120 Å². The molecule has 0 amide bonds. The molecule has 1 fully saturated rings. The van der Waals surface area contributed by atoms with Gasteiger partial charge in [-0.25, -0.2) is 0 Å². The number of hydrogen-bond donors (Lipinski definition) is 0. The molecule has 2 heterocycles. The molecular weight excluding hydrogens is 424 g/mol. The predicted molar refractivity (Wildman–Crippen MR) is 130 cm³/mol. The van der Waals surface area contributed by atoms with E-state index in [1.165, 1.54) is 0 Å². The van der Waals surface area contributed by atoms with Crippen LogP contribution in [0, 0.1) is 0 Å². The minimum absolute atomic E-state index is 0.0298. The van der Waals surface area contributed by atoms with Gasteiger partial charge in [0.25, 0.3) is 0 Å². The number of benzene rings is 3. The summed E-state index contributed by atoms with van der Waals surface area (Å²) in [5.74, 6) is 0.537. The molecule has 0 N–H and O–H groups in total. The number of rotatable bonds is 5. The first kappa shape index (κ1) is 20.6. The molecule has 0 atom stereocenters. The van der Waals surface area contributed by atoms with Crippen LogP contribution in [-0.4, -0.2) is 42.1 Å². The molecular formula is C29H24N2O3. The normalized spacial score (nSPS) is 17.5. The number of carbonyl (C=O) groups is 1. The van der Waals surface area contributed by atoms with Gasteiger partial charge in [-0.3, -0.25) is 4.79 Å². The topological polar surface area (TPSA) is 55.6 Å². The Morgan fingerprint density at radius 3 is 1.91 bits per heavy atom. The summed E-state index contributed by atoms with van der Waals surface area (Å²) < 4.78 is 11.4. The maximum absolute atomic E-state index is 14.3. The predicted octanol–water partition coefficient (Wildman–Crippen LogP) is 4.95. The first-order valence-electron chi connectivity index (χ1n) is 11.6. The lowest BCUT2D eigenvalue weighted by Crippen LogP contribution is -2.56. The number of Topliss-reactive ketones (excluding diaryl/α,β-unsaturated/α-hetero) is 1. The molecule has 168 valence electrons. The molecule has 6 rings (SSSR count). The molecule has 2 aliphatic rings. The zero-order valence-electron chi connectivity index (χ0n) is 18.7. The lowest BCUT2D eigenvalue weighted by atomic mass is 9.57. The van der Waals surface area contributed by atoms with Crippen LogP contribution in [-0.2, 0) is 14.9 Å². The SMILES string of the molecule is O=C1C(c2cc(-c3ccccc3)no2)=C(N2CCOCC2)C1(c1ccccc1)c1ccccc1. The number of ether oxygens (including phenoxy) is 1. The van der Waals surface area contributed by atoms with Gasteiger partial charge in [0.1, 0.15) is 11.1 Å². The number of hydrogen-bond acceptors (Lipinski definition) is 5. The molecule has 1 aromatic heterocycles. The van der Waals surface area contributed by atoms with Gasteiger partial charge < -0.3 is 14.2 Å². The molecule has 5 heteroatoms. The lowest BCUT2D eigenvalue weighted by Gasteiger charge is -2.50. The number of carbonyl (C=O) groups excluding carboxylic acids is 1. The highest BCUT2D eigenvalue weighted by atomic mass is 16.5. The molecule has 1 aliphatic carbocycles. The Balaban J connectivity index is 1.57. The largest absolute Gasteiger partial charge is 0.378 e. The fourth-order valence-electron chi connectivity index (χ4n) is 5.16. The molecule has 0 saturated carbocycles. The number of morpholine rings is 1. The lowest BCUT2D eigenvalue weighted by molar-refractivity contribution is -0.119. The van der Waals surface area contributed by atoms with Crippen molar-refractivity contribution < 1.29 is 14.1 Å². The second-order valence-corrected chi connectivity index (χ2v) is 8.58. The standard InChI is InChI=1S/C29H24N2O3/c32-28-26(25-20-24(30-34-25)21-10-4-1-5-11-21)27(31-16-18-33-19-17-31)29(28,22-12-6-2-7-13-22)23-14-8-3-9-15-23/h1-15,20H,16-19H2. The number of allylic oxidation sites excluding steroid dienone is 2. The van der Waals surface area contributed by atoms with E-state index in [2.05, 4.69) is 10.1 Å². The fourth-order valence-corrected chi connectivity index (χ4v) is 5.16. The Kier molecular flexibility index (Phi) is 5.12. The van der Waals surface area contributed by atoms with Crippen LogP contribution in [0.3, 0.4) is 0 Å². The number of aromatic nitrogens is 1. The molecule has 1 saturated heterocycles. The number of nitrogens with zero attached hydrogens (tertiary/aromatic N) is 2. The van der Waals surface area contributed by atoms with E-state index in [1.807, 2.05) is 97.1 Å². The van der Waals surface area contributed by atoms with Crippen molar-refractivity contribution in [2.75, 3.05) is 26.3 Å². The van der Waals surface area contributed by atoms with Gasteiger partial charge in [-0.2, -0.15) is 0 Å². The fraction of sp³-hybridized carbons (Fsp3) is 0.172. The highest BCUT2D eigenvalue weighted by molar-refractivity contribution is 6.35. The summed E-state index contributed by atoms with van der Waals surface area (Å²) in [7, 11) is 0. The van der Waals surface area contributed by atoms with E-state index < -0.39 is 5.41 Å². The van der Waals surface area contributed by atoms with Crippen LogP contribution in [0.4, 0.5) is 0 Å². The highest BCUT2D eigenvalue weighted by Crippen LogP contribution is 2.55. The van der Waals surface area contributed by atoms with Gasteiger partial charge in [0, 0.05) is 24.7 Å². The molecule has 0 spiro atoms. The summed E-state index contributed by atoms with van der Waals surface area (Å²) in [5, 5.41) is 4.29. The first-order chi connectivity index (χ1) is 16.8. The van der Waals surface area contributed by atoms with Crippen LogP contribution in [0.25, 0.3) is 16.8 Å². The average molecular weight is 449 g/mol. The highest BCUT2D eigenvalue weighted by Gasteiger charge is 2.59. The van der Waals surface area contributed by atoms with Crippen LogP contribution >= 0.6 is 0 Å². The van der Waals surface area contributed by atoms with Crippen LogP contribution in [0.15, 0.2) is 107 Å². The molecule has 3 aromatic carbocycles.